The van der Waals surface area contributed by atoms with Crippen molar-refractivity contribution in [2.24, 2.45) is 0 Å². The van der Waals surface area contributed by atoms with Crippen molar-refractivity contribution in [1.29, 1.82) is 0 Å². The lowest BCUT2D eigenvalue weighted by Gasteiger charge is -2.12. The van der Waals surface area contributed by atoms with Gasteiger partial charge in [0.1, 0.15) is 0 Å². The van der Waals surface area contributed by atoms with Gasteiger partial charge in [0.15, 0.2) is 0 Å². The Labute approximate surface area is 80.0 Å². The Morgan fingerprint density at radius 1 is 1.36 bits per heavy atom. The van der Waals surface area contributed by atoms with Crippen LogP contribution in [0.25, 0.3) is 0 Å². The number of hydrogen-bond donors (Lipinski definition) is 0. The molecule has 0 N–H and O–H groups in total. The summed E-state index contributed by atoms with van der Waals surface area (Å²) in [6.07, 6.45) is -1.16. The first-order valence-corrected chi connectivity index (χ1v) is 4.52. The van der Waals surface area contributed by atoms with Crippen LogP contribution in [0.5, 0.6) is 0 Å². The number of rotatable bonds is 1. The smallest absolute Gasteiger partial charge is 0.261 e. The van der Waals surface area contributed by atoms with Gasteiger partial charge in [0.25, 0.3) is 0 Å². The van der Waals surface area contributed by atoms with E-state index in [1.54, 1.807) is 6.92 Å². The zero-order valence-corrected chi connectivity index (χ0v) is 7.73. The SMILES string of the molecule is Cc1cc(C(F)(F)F)c(C2CC2)cn1. The van der Waals surface area contributed by atoms with Crippen LogP contribution in [0.4, 0.5) is 13.2 Å². The van der Waals surface area contributed by atoms with Gasteiger partial charge in [-0.05, 0) is 37.3 Å². The van der Waals surface area contributed by atoms with E-state index in [0.29, 0.717) is 11.3 Å². The average Bonchev–Trinajstić information content (AvgIpc) is 2.85. The Morgan fingerprint density at radius 3 is 2.50 bits per heavy atom. The molecule has 0 radical (unpaired) electrons. The van der Waals surface area contributed by atoms with Crippen LogP contribution >= 0.6 is 0 Å². The van der Waals surface area contributed by atoms with Crippen molar-refractivity contribution in [3.63, 3.8) is 0 Å². The van der Waals surface area contributed by atoms with E-state index in [0.717, 1.165) is 18.9 Å². The van der Waals surface area contributed by atoms with Gasteiger partial charge in [-0.1, -0.05) is 0 Å². The summed E-state index contributed by atoms with van der Waals surface area (Å²) in [5, 5.41) is 0. The number of aryl methyl sites for hydroxylation is 1. The molecule has 1 saturated carbocycles. The summed E-state index contributed by atoms with van der Waals surface area (Å²) < 4.78 is 37.8. The van der Waals surface area contributed by atoms with E-state index < -0.39 is 11.7 Å². The van der Waals surface area contributed by atoms with Gasteiger partial charge in [0.2, 0.25) is 0 Å². The van der Waals surface area contributed by atoms with E-state index in [9.17, 15) is 13.2 Å². The molecule has 1 heterocycles. The van der Waals surface area contributed by atoms with Gasteiger partial charge >= 0.3 is 6.18 Å². The lowest BCUT2D eigenvalue weighted by molar-refractivity contribution is -0.138. The molecule has 4 heteroatoms. The minimum absolute atomic E-state index is 0.0831. The number of pyridine rings is 1. The molecule has 2 rings (SSSR count). The fourth-order valence-corrected chi connectivity index (χ4v) is 1.54. The van der Waals surface area contributed by atoms with Crippen LogP contribution in [-0.4, -0.2) is 4.98 Å². The molecule has 0 unspecified atom stereocenters. The molecule has 1 nitrogen and oxygen atoms in total. The van der Waals surface area contributed by atoms with Crippen LogP contribution in [0.15, 0.2) is 12.3 Å². The highest BCUT2D eigenvalue weighted by atomic mass is 19.4. The fourth-order valence-electron chi connectivity index (χ4n) is 1.54. The van der Waals surface area contributed by atoms with Crippen LogP contribution in [0.3, 0.4) is 0 Å². The van der Waals surface area contributed by atoms with Crippen molar-refractivity contribution in [3.05, 3.63) is 29.1 Å². The molecule has 0 atom stereocenters. The first kappa shape index (κ1) is 9.49. The standard InChI is InChI=1S/C10H10F3N/c1-6-4-9(10(11,12)13)8(5-14-6)7-2-3-7/h4-5,7H,2-3H2,1H3. The van der Waals surface area contributed by atoms with Crippen LogP contribution in [0, 0.1) is 6.92 Å². The summed E-state index contributed by atoms with van der Waals surface area (Å²) in [7, 11) is 0. The van der Waals surface area contributed by atoms with E-state index in [2.05, 4.69) is 4.98 Å². The normalized spacial score (nSPS) is 17.1. The van der Waals surface area contributed by atoms with Gasteiger partial charge in [-0.15, -0.1) is 0 Å². The number of hydrogen-bond acceptors (Lipinski definition) is 1. The topological polar surface area (TPSA) is 12.9 Å². The van der Waals surface area contributed by atoms with Gasteiger partial charge in [-0.2, -0.15) is 13.2 Å². The van der Waals surface area contributed by atoms with Gasteiger partial charge in [-0.3, -0.25) is 4.98 Å². The summed E-state index contributed by atoms with van der Waals surface area (Å²) in [4.78, 5) is 3.91. The van der Waals surface area contributed by atoms with E-state index >= 15 is 0 Å². The predicted molar refractivity (Wildman–Crippen MR) is 46.0 cm³/mol. The molecule has 0 aliphatic heterocycles. The maximum atomic E-state index is 12.6. The molecule has 14 heavy (non-hydrogen) atoms. The van der Waals surface area contributed by atoms with Crippen molar-refractivity contribution < 1.29 is 13.2 Å². The van der Waals surface area contributed by atoms with Gasteiger partial charge in [0, 0.05) is 11.9 Å². The van der Waals surface area contributed by atoms with Gasteiger partial charge in [0.05, 0.1) is 5.56 Å². The predicted octanol–water partition coefficient (Wildman–Crippen LogP) is 3.29. The molecule has 0 amide bonds. The lowest BCUT2D eigenvalue weighted by atomic mass is 10.1. The highest BCUT2D eigenvalue weighted by molar-refractivity contribution is 5.34. The second-order valence-electron chi connectivity index (χ2n) is 3.68. The van der Waals surface area contributed by atoms with Crippen molar-refractivity contribution in [3.8, 4) is 0 Å². The Bertz CT molecular complexity index is 353. The number of halogens is 3. The maximum Gasteiger partial charge on any atom is 0.416 e. The second-order valence-corrected chi connectivity index (χ2v) is 3.68. The third-order valence-corrected chi connectivity index (χ3v) is 2.39. The summed E-state index contributed by atoms with van der Waals surface area (Å²) >= 11 is 0. The Hall–Kier alpha value is -1.06. The van der Waals surface area contributed by atoms with Crippen molar-refractivity contribution in [2.75, 3.05) is 0 Å². The minimum atomic E-state index is -4.24. The summed E-state index contributed by atoms with van der Waals surface area (Å²) in [5.74, 6) is 0.0831. The van der Waals surface area contributed by atoms with E-state index in [1.165, 1.54) is 6.20 Å². The molecule has 0 bridgehead atoms. The Morgan fingerprint density at radius 2 is 2.00 bits per heavy atom. The molecule has 0 spiro atoms. The van der Waals surface area contributed by atoms with Crippen LogP contribution < -0.4 is 0 Å². The minimum Gasteiger partial charge on any atom is -0.261 e. The molecule has 1 aromatic rings. The summed E-state index contributed by atoms with van der Waals surface area (Å²) in [6, 6.07) is 1.13. The molecular weight excluding hydrogens is 191 g/mol. The monoisotopic (exact) mass is 201 g/mol. The third-order valence-electron chi connectivity index (χ3n) is 2.39. The van der Waals surface area contributed by atoms with Crippen LogP contribution in [0.1, 0.15) is 35.6 Å². The molecule has 76 valence electrons. The zero-order valence-electron chi connectivity index (χ0n) is 7.73. The highest BCUT2D eigenvalue weighted by Crippen LogP contribution is 2.45. The van der Waals surface area contributed by atoms with E-state index in [-0.39, 0.29) is 5.92 Å². The number of nitrogens with zero attached hydrogens (tertiary/aromatic N) is 1. The lowest BCUT2D eigenvalue weighted by Crippen LogP contribution is -2.09. The molecular formula is C10H10F3N. The summed E-state index contributed by atoms with van der Waals surface area (Å²) in [5.41, 5.74) is 0.275. The molecule has 1 aliphatic rings. The molecule has 1 aliphatic carbocycles. The quantitative estimate of drug-likeness (QED) is 0.679. The molecule has 1 aromatic heterocycles. The Kier molecular flexibility index (Phi) is 2.01. The van der Waals surface area contributed by atoms with Gasteiger partial charge < -0.3 is 0 Å². The number of alkyl halides is 3. The molecule has 0 aromatic carbocycles. The number of aromatic nitrogens is 1. The highest BCUT2D eigenvalue weighted by Gasteiger charge is 2.38. The average molecular weight is 201 g/mol. The largest absolute Gasteiger partial charge is 0.416 e. The molecule has 0 saturated heterocycles. The van der Waals surface area contributed by atoms with Crippen LogP contribution in [0.2, 0.25) is 0 Å². The van der Waals surface area contributed by atoms with Gasteiger partial charge in [-0.25, -0.2) is 0 Å². The molecule has 1 fully saturated rings. The van der Waals surface area contributed by atoms with Crippen LogP contribution in [-0.2, 0) is 6.18 Å². The van der Waals surface area contributed by atoms with E-state index in [4.69, 9.17) is 0 Å². The third kappa shape index (κ3) is 1.74. The van der Waals surface area contributed by atoms with Crippen molar-refractivity contribution in [2.45, 2.75) is 31.9 Å². The van der Waals surface area contributed by atoms with Crippen molar-refractivity contribution in [1.82, 2.24) is 4.98 Å². The maximum absolute atomic E-state index is 12.6. The van der Waals surface area contributed by atoms with Crippen molar-refractivity contribution >= 4 is 0 Å². The fraction of sp³-hybridized carbons (Fsp3) is 0.500. The summed E-state index contributed by atoms with van der Waals surface area (Å²) in [6.45, 7) is 1.58. The first-order valence-electron chi connectivity index (χ1n) is 4.52. The first-order chi connectivity index (χ1) is 6.48. The zero-order chi connectivity index (χ0) is 10.3. The second kappa shape index (κ2) is 2.97. The van der Waals surface area contributed by atoms with E-state index in [1.807, 2.05) is 0 Å². The Balaban J connectivity index is 2.48.